The quantitative estimate of drug-likeness (QED) is 0.139. The SMILES string of the molecule is CCC(C(C=Nc1cccc(F)c1F)=NN)n1c(Br)c(-c2cnc(C(F)(F)F)nc2)c2c(N)ncnc21. The molecule has 0 fully saturated rings. The van der Waals surface area contributed by atoms with E-state index in [9.17, 15) is 22.0 Å². The van der Waals surface area contributed by atoms with E-state index in [2.05, 4.69) is 46.0 Å². The summed E-state index contributed by atoms with van der Waals surface area (Å²) in [5.74, 6) is 2.18. The second-order valence-corrected chi connectivity index (χ2v) is 8.35. The van der Waals surface area contributed by atoms with Crippen molar-refractivity contribution >= 4 is 50.4 Å². The van der Waals surface area contributed by atoms with E-state index >= 15 is 0 Å². The highest BCUT2D eigenvalue weighted by molar-refractivity contribution is 9.10. The largest absolute Gasteiger partial charge is 0.451 e. The van der Waals surface area contributed by atoms with Gasteiger partial charge in [-0.25, -0.2) is 28.7 Å². The van der Waals surface area contributed by atoms with E-state index in [-0.39, 0.29) is 22.8 Å². The van der Waals surface area contributed by atoms with Gasteiger partial charge in [0.15, 0.2) is 11.6 Å². The fraction of sp³-hybridized carbons (Fsp3) is 0.182. The first-order chi connectivity index (χ1) is 17.6. The highest BCUT2D eigenvalue weighted by Gasteiger charge is 2.35. The molecule has 0 radical (unpaired) electrons. The van der Waals surface area contributed by atoms with Crippen LogP contribution in [0.4, 0.5) is 33.5 Å². The molecule has 0 aliphatic carbocycles. The first kappa shape index (κ1) is 26.1. The van der Waals surface area contributed by atoms with Crippen molar-refractivity contribution in [3.8, 4) is 11.1 Å². The lowest BCUT2D eigenvalue weighted by Crippen LogP contribution is -2.22. The van der Waals surface area contributed by atoms with Gasteiger partial charge in [-0.1, -0.05) is 13.0 Å². The number of benzene rings is 1. The first-order valence-electron chi connectivity index (χ1n) is 10.5. The zero-order valence-corrected chi connectivity index (χ0v) is 20.5. The highest BCUT2D eigenvalue weighted by Crippen LogP contribution is 2.42. The summed E-state index contributed by atoms with van der Waals surface area (Å²) in [6, 6.07) is 2.87. The Morgan fingerprint density at radius 1 is 1.16 bits per heavy atom. The van der Waals surface area contributed by atoms with Crippen molar-refractivity contribution in [1.29, 1.82) is 0 Å². The van der Waals surface area contributed by atoms with Crippen LogP contribution in [0, 0.1) is 11.6 Å². The Morgan fingerprint density at radius 2 is 1.86 bits per heavy atom. The highest BCUT2D eigenvalue weighted by atomic mass is 79.9. The van der Waals surface area contributed by atoms with Gasteiger partial charge < -0.3 is 16.1 Å². The fourth-order valence-electron chi connectivity index (χ4n) is 3.74. The van der Waals surface area contributed by atoms with E-state index in [1.54, 1.807) is 11.5 Å². The number of fused-ring (bicyclic) bond motifs is 1. The Hall–Kier alpha value is -4.01. The summed E-state index contributed by atoms with van der Waals surface area (Å²) in [5, 5.41) is 4.10. The molecule has 0 amide bonds. The number of hydrazone groups is 1. The van der Waals surface area contributed by atoms with E-state index in [1.807, 2.05) is 0 Å². The normalized spacial score (nSPS) is 13.5. The summed E-state index contributed by atoms with van der Waals surface area (Å²) < 4.78 is 68.6. The molecule has 3 heterocycles. The number of hydrogen-bond donors (Lipinski definition) is 2. The minimum Gasteiger partial charge on any atom is -0.383 e. The van der Waals surface area contributed by atoms with Crippen LogP contribution in [-0.2, 0) is 6.18 Å². The third-order valence-corrected chi connectivity index (χ3v) is 6.18. The van der Waals surface area contributed by atoms with Gasteiger partial charge in [-0.05, 0) is 34.5 Å². The lowest BCUT2D eigenvalue weighted by Gasteiger charge is -2.19. The zero-order chi connectivity index (χ0) is 26.9. The zero-order valence-electron chi connectivity index (χ0n) is 18.9. The molecule has 4 N–H and O–H groups in total. The Bertz CT molecular complexity index is 1510. The van der Waals surface area contributed by atoms with Crippen LogP contribution in [0.2, 0.25) is 0 Å². The molecule has 0 aliphatic rings. The molecule has 4 rings (SSSR count). The number of aliphatic imine (C=N–C) groups is 1. The molecule has 3 aromatic heterocycles. The predicted octanol–water partition coefficient (Wildman–Crippen LogP) is 5.20. The van der Waals surface area contributed by atoms with Gasteiger partial charge in [0, 0.05) is 23.5 Å². The van der Waals surface area contributed by atoms with E-state index in [0.29, 0.717) is 27.6 Å². The molecule has 192 valence electrons. The Labute approximate surface area is 214 Å². The van der Waals surface area contributed by atoms with Gasteiger partial charge >= 0.3 is 6.18 Å². The minimum absolute atomic E-state index is 0.0518. The number of halogens is 6. The maximum atomic E-state index is 14.1. The summed E-state index contributed by atoms with van der Waals surface area (Å²) in [7, 11) is 0. The fourth-order valence-corrected chi connectivity index (χ4v) is 4.58. The van der Waals surface area contributed by atoms with Crippen LogP contribution in [0.1, 0.15) is 25.2 Å². The summed E-state index contributed by atoms with van der Waals surface area (Å²) >= 11 is 3.49. The van der Waals surface area contributed by atoms with E-state index in [1.165, 1.54) is 24.7 Å². The van der Waals surface area contributed by atoms with Crippen molar-refractivity contribution in [3.63, 3.8) is 0 Å². The second-order valence-electron chi connectivity index (χ2n) is 7.60. The number of alkyl halides is 3. The topological polar surface area (TPSA) is 133 Å². The van der Waals surface area contributed by atoms with Crippen molar-refractivity contribution < 1.29 is 22.0 Å². The Kier molecular flexibility index (Phi) is 7.16. The molecule has 1 atom stereocenters. The summed E-state index contributed by atoms with van der Waals surface area (Å²) in [4.78, 5) is 19.2. The standard InChI is InChI=1S/C22H17BrF5N9/c1-2-14(13(36-30)8-31-12-5-3-4-11(24)17(12)25)37-18(23)15(16-19(29)34-9-35-20(16)37)10-6-32-21(33-7-10)22(26,27)28/h3-9,14H,2,30H2,1H3,(H2,29,34,35). The monoisotopic (exact) mass is 581 g/mol. The van der Waals surface area contributed by atoms with Crippen molar-refractivity contribution in [2.45, 2.75) is 25.6 Å². The van der Waals surface area contributed by atoms with Crippen LogP contribution in [0.15, 0.2) is 51.6 Å². The van der Waals surface area contributed by atoms with Crippen LogP contribution in [-0.4, -0.2) is 36.4 Å². The number of anilines is 1. The second kappa shape index (κ2) is 10.2. The van der Waals surface area contributed by atoms with Crippen LogP contribution in [0.25, 0.3) is 22.2 Å². The average molecular weight is 582 g/mol. The van der Waals surface area contributed by atoms with Crippen LogP contribution in [0.5, 0.6) is 0 Å². The summed E-state index contributed by atoms with van der Waals surface area (Å²) in [6.45, 7) is 1.80. The van der Waals surface area contributed by atoms with Crippen LogP contribution < -0.4 is 11.6 Å². The van der Waals surface area contributed by atoms with Crippen molar-refractivity contribution in [2.75, 3.05) is 5.73 Å². The van der Waals surface area contributed by atoms with E-state index in [0.717, 1.165) is 18.5 Å². The molecule has 37 heavy (non-hydrogen) atoms. The molecule has 15 heteroatoms. The van der Waals surface area contributed by atoms with Crippen molar-refractivity contribution in [2.24, 2.45) is 15.9 Å². The van der Waals surface area contributed by atoms with Crippen LogP contribution in [0.3, 0.4) is 0 Å². The first-order valence-corrected chi connectivity index (χ1v) is 11.3. The lowest BCUT2D eigenvalue weighted by atomic mass is 10.1. The molecule has 9 nitrogen and oxygen atoms in total. The Balaban J connectivity index is 1.87. The number of nitrogen functional groups attached to an aromatic ring is 1. The van der Waals surface area contributed by atoms with Crippen molar-refractivity contribution in [1.82, 2.24) is 24.5 Å². The molecule has 1 aromatic carbocycles. The third-order valence-electron chi connectivity index (χ3n) is 5.40. The minimum atomic E-state index is -4.72. The maximum Gasteiger partial charge on any atom is 0.451 e. The van der Waals surface area contributed by atoms with Gasteiger partial charge in [-0.2, -0.15) is 18.3 Å². The molecule has 0 aliphatic heterocycles. The molecule has 0 bridgehead atoms. The van der Waals surface area contributed by atoms with Gasteiger partial charge in [0.2, 0.25) is 5.82 Å². The van der Waals surface area contributed by atoms with Gasteiger partial charge in [0.1, 0.15) is 29.2 Å². The van der Waals surface area contributed by atoms with Gasteiger partial charge in [0.25, 0.3) is 0 Å². The van der Waals surface area contributed by atoms with E-state index in [4.69, 9.17) is 11.6 Å². The molecule has 0 saturated heterocycles. The number of nitrogens with two attached hydrogens (primary N) is 2. The third kappa shape index (κ3) is 4.85. The number of hydrogen-bond acceptors (Lipinski definition) is 8. The van der Waals surface area contributed by atoms with Gasteiger partial charge in [0.05, 0.1) is 22.2 Å². The number of aromatic nitrogens is 5. The number of rotatable bonds is 6. The molecule has 0 saturated carbocycles. The summed E-state index contributed by atoms with van der Waals surface area (Å²) in [6.07, 6.45) is 0.0824. The van der Waals surface area contributed by atoms with Gasteiger partial charge in [-0.15, -0.1) is 0 Å². The van der Waals surface area contributed by atoms with Crippen LogP contribution >= 0.6 is 15.9 Å². The molecule has 0 spiro atoms. The summed E-state index contributed by atoms with van der Waals surface area (Å²) in [5.41, 5.74) is 6.87. The molecule has 1 unspecified atom stereocenters. The average Bonchev–Trinajstić information content (AvgIpc) is 3.16. The van der Waals surface area contributed by atoms with Crippen molar-refractivity contribution in [3.05, 3.63) is 59.0 Å². The number of nitrogens with zero attached hydrogens (tertiary/aromatic N) is 7. The smallest absolute Gasteiger partial charge is 0.383 e. The maximum absolute atomic E-state index is 14.1. The Morgan fingerprint density at radius 3 is 2.49 bits per heavy atom. The molecular weight excluding hydrogens is 565 g/mol. The lowest BCUT2D eigenvalue weighted by molar-refractivity contribution is -0.144. The molecule has 4 aromatic rings. The molecular formula is C22H17BrF5N9. The predicted molar refractivity (Wildman–Crippen MR) is 131 cm³/mol. The van der Waals surface area contributed by atoms with Gasteiger partial charge in [-0.3, -0.25) is 4.99 Å². The van der Waals surface area contributed by atoms with E-state index < -0.39 is 29.7 Å².